The summed E-state index contributed by atoms with van der Waals surface area (Å²) >= 11 is 0. The molecule has 0 aliphatic carbocycles. The lowest BCUT2D eigenvalue weighted by molar-refractivity contribution is 0.0686. The van der Waals surface area contributed by atoms with E-state index in [1.54, 1.807) is 0 Å². The van der Waals surface area contributed by atoms with E-state index in [1.807, 2.05) is 13.8 Å². The zero-order valence-corrected chi connectivity index (χ0v) is 7.69. The van der Waals surface area contributed by atoms with Gasteiger partial charge in [-0.25, -0.2) is 14.5 Å². The number of carbonyl (C=O) groups is 1. The number of nitrogens with two attached hydrogens (primary N) is 1. The molecule has 0 saturated heterocycles. The summed E-state index contributed by atoms with van der Waals surface area (Å²) in [6, 6.07) is 0. The van der Waals surface area contributed by atoms with Crippen LogP contribution in [0.2, 0.25) is 0 Å². The van der Waals surface area contributed by atoms with Gasteiger partial charge in [0.25, 0.3) is 0 Å². The number of imidazole rings is 1. The molecule has 1 rings (SSSR count). The molecule has 0 aliphatic rings. The van der Waals surface area contributed by atoms with Crippen LogP contribution in [-0.4, -0.2) is 20.7 Å². The molecule has 0 bridgehead atoms. The molecule has 0 amide bonds. The molecule has 5 nitrogen and oxygen atoms in total. The second kappa shape index (κ2) is 3.47. The summed E-state index contributed by atoms with van der Waals surface area (Å²) in [7, 11) is 0. The summed E-state index contributed by atoms with van der Waals surface area (Å²) in [6.45, 7) is 4.00. The molecule has 0 saturated carbocycles. The van der Waals surface area contributed by atoms with Crippen LogP contribution in [0.3, 0.4) is 0 Å². The average molecular weight is 183 g/mol. The van der Waals surface area contributed by atoms with E-state index in [9.17, 15) is 4.79 Å². The number of aromatic carboxylic acids is 1. The van der Waals surface area contributed by atoms with Crippen molar-refractivity contribution in [1.29, 1.82) is 0 Å². The van der Waals surface area contributed by atoms with E-state index in [-0.39, 0.29) is 5.69 Å². The van der Waals surface area contributed by atoms with Gasteiger partial charge in [-0.3, -0.25) is 0 Å². The van der Waals surface area contributed by atoms with Gasteiger partial charge in [0.2, 0.25) is 0 Å². The van der Waals surface area contributed by atoms with E-state index in [0.717, 1.165) is 4.68 Å². The Kier molecular flexibility index (Phi) is 2.55. The first kappa shape index (κ1) is 9.57. The highest BCUT2D eigenvalue weighted by Gasteiger charge is 2.16. The van der Waals surface area contributed by atoms with Crippen LogP contribution in [0.1, 0.15) is 30.0 Å². The summed E-state index contributed by atoms with van der Waals surface area (Å²) in [5, 5.41) is 8.81. The van der Waals surface area contributed by atoms with Crippen LogP contribution >= 0.6 is 0 Å². The maximum atomic E-state index is 10.7. The van der Waals surface area contributed by atoms with Crippen molar-refractivity contribution in [2.75, 3.05) is 5.84 Å². The van der Waals surface area contributed by atoms with Crippen molar-refractivity contribution < 1.29 is 9.90 Å². The molecule has 0 radical (unpaired) electrons. The van der Waals surface area contributed by atoms with Gasteiger partial charge in [-0.15, -0.1) is 0 Å². The Morgan fingerprint density at radius 2 is 2.38 bits per heavy atom. The Morgan fingerprint density at radius 3 is 2.85 bits per heavy atom. The van der Waals surface area contributed by atoms with E-state index < -0.39 is 5.97 Å². The molecule has 0 fully saturated rings. The van der Waals surface area contributed by atoms with Gasteiger partial charge in [-0.05, 0) is 12.3 Å². The minimum absolute atomic E-state index is 0.0775. The van der Waals surface area contributed by atoms with E-state index in [4.69, 9.17) is 10.9 Å². The third-order valence-corrected chi connectivity index (χ3v) is 1.67. The molecule has 0 atom stereocenters. The molecule has 0 unspecified atom stereocenters. The van der Waals surface area contributed by atoms with Gasteiger partial charge in [-0.1, -0.05) is 13.8 Å². The predicted molar refractivity (Wildman–Crippen MR) is 47.9 cm³/mol. The fourth-order valence-electron chi connectivity index (χ4n) is 1.17. The van der Waals surface area contributed by atoms with E-state index in [2.05, 4.69) is 4.98 Å². The highest BCUT2D eigenvalue weighted by molar-refractivity contribution is 5.87. The van der Waals surface area contributed by atoms with Crippen LogP contribution in [-0.2, 0) is 6.42 Å². The highest BCUT2D eigenvalue weighted by Crippen LogP contribution is 2.10. The smallest absolute Gasteiger partial charge is 0.356 e. The topological polar surface area (TPSA) is 81.1 Å². The normalized spacial score (nSPS) is 10.7. The molecule has 13 heavy (non-hydrogen) atoms. The van der Waals surface area contributed by atoms with Gasteiger partial charge < -0.3 is 10.9 Å². The number of carboxylic acids is 1. The fraction of sp³-hybridized carbons (Fsp3) is 0.500. The molecule has 0 aliphatic heterocycles. The number of aromatic nitrogens is 2. The number of rotatable bonds is 3. The first-order chi connectivity index (χ1) is 6.02. The Morgan fingerprint density at radius 1 is 1.77 bits per heavy atom. The van der Waals surface area contributed by atoms with Crippen LogP contribution in [0, 0.1) is 5.92 Å². The van der Waals surface area contributed by atoms with Gasteiger partial charge in [0, 0.05) is 0 Å². The Balaban J connectivity index is 3.00. The zero-order chi connectivity index (χ0) is 10.0. The summed E-state index contributed by atoms with van der Waals surface area (Å²) in [4.78, 5) is 14.7. The van der Waals surface area contributed by atoms with Gasteiger partial charge in [0.05, 0.1) is 5.69 Å². The minimum Gasteiger partial charge on any atom is -0.476 e. The van der Waals surface area contributed by atoms with Crippen LogP contribution in [0.5, 0.6) is 0 Å². The summed E-state index contributed by atoms with van der Waals surface area (Å²) in [5.74, 6) is 4.73. The second-order valence-electron chi connectivity index (χ2n) is 3.35. The van der Waals surface area contributed by atoms with Crippen molar-refractivity contribution in [2.45, 2.75) is 20.3 Å². The van der Waals surface area contributed by atoms with E-state index in [1.165, 1.54) is 6.33 Å². The van der Waals surface area contributed by atoms with Crippen molar-refractivity contribution in [3.8, 4) is 0 Å². The molecule has 72 valence electrons. The van der Waals surface area contributed by atoms with E-state index >= 15 is 0 Å². The van der Waals surface area contributed by atoms with Crippen molar-refractivity contribution in [3.63, 3.8) is 0 Å². The van der Waals surface area contributed by atoms with Crippen molar-refractivity contribution in [3.05, 3.63) is 17.7 Å². The molecular weight excluding hydrogens is 170 g/mol. The average Bonchev–Trinajstić information content (AvgIpc) is 2.30. The molecular formula is C8H13N3O2. The van der Waals surface area contributed by atoms with Crippen molar-refractivity contribution in [2.24, 2.45) is 5.92 Å². The maximum absolute atomic E-state index is 10.7. The van der Waals surface area contributed by atoms with Crippen molar-refractivity contribution in [1.82, 2.24) is 9.66 Å². The van der Waals surface area contributed by atoms with Crippen LogP contribution in [0.4, 0.5) is 0 Å². The lowest BCUT2D eigenvalue weighted by Gasteiger charge is -2.02. The molecule has 5 heteroatoms. The third-order valence-electron chi connectivity index (χ3n) is 1.67. The predicted octanol–water partition coefficient (Wildman–Crippen LogP) is 0.494. The van der Waals surface area contributed by atoms with Gasteiger partial charge in [-0.2, -0.15) is 0 Å². The quantitative estimate of drug-likeness (QED) is 0.668. The lowest BCUT2D eigenvalue weighted by atomic mass is 10.1. The Labute approximate surface area is 76.2 Å². The Hall–Kier alpha value is -1.52. The summed E-state index contributed by atoms with van der Waals surface area (Å²) in [6.07, 6.45) is 1.95. The van der Waals surface area contributed by atoms with Crippen LogP contribution < -0.4 is 5.84 Å². The molecule has 1 heterocycles. The summed E-state index contributed by atoms with van der Waals surface area (Å²) < 4.78 is 1.04. The van der Waals surface area contributed by atoms with Gasteiger partial charge in [0.15, 0.2) is 5.69 Å². The van der Waals surface area contributed by atoms with E-state index in [0.29, 0.717) is 18.0 Å². The first-order valence-electron chi connectivity index (χ1n) is 4.07. The maximum Gasteiger partial charge on any atom is 0.356 e. The second-order valence-corrected chi connectivity index (χ2v) is 3.35. The first-order valence-corrected chi connectivity index (χ1v) is 4.07. The highest BCUT2D eigenvalue weighted by atomic mass is 16.4. The standard InChI is InChI=1S/C8H13N3O2/c1-5(2)3-6-7(8(12)13)11(9)4-10-6/h4-5H,3,9H2,1-2H3,(H,12,13). The largest absolute Gasteiger partial charge is 0.476 e. The number of nitrogens with zero attached hydrogens (tertiary/aromatic N) is 2. The lowest BCUT2D eigenvalue weighted by Crippen LogP contribution is -2.16. The number of carboxylic acid groups (broad SMARTS) is 1. The molecule has 0 aromatic carbocycles. The third kappa shape index (κ3) is 1.99. The monoisotopic (exact) mass is 183 g/mol. The van der Waals surface area contributed by atoms with Crippen molar-refractivity contribution >= 4 is 5.97 Å². The van der Waals surface area contributed by atoms with Crippen LogP contribution in [0.15, 0.2) is 6.33 Å². The summed E-state index contributed by atoms with van der Waals surface area (Å²) in [5.41, 5.74) is 0.624. The van der Waals surface area contributed by atoms with Gasteiger partial charge in [0.1, 0.15) is 6.33 Å². The van der Waals surface area contributed by atoms with Gasteiger partial charge >= 0.3 is 5.97 Å². The molecule has 1 aromatic heterocycles. The Bertz CT molecular complexity index is 317. The SMILES string of the molecule is CC(C)Cc1ncn(N)c1C(=O)O. The molecule has 0 spiro atoms. The minimum atomic E-state index is -1.03. The number of hydrogen-bond donors (Lipinski definition) is 2. The fourth-order valence-corrected chi connectivity index (χ4v) is 1.17. The molecule has 3 N–H and O–H groups in total. The number of hydrogen-bond acceptors (Lipinski definition) is 3. The van der Waals surface area contributed by atoms with Crippen LogP contribution in [0.25, 0.3) is 0 Å². The molecule has 1 aromatic rings. The number of nitrogen functional groups attached to an aromatic ring is 1. The zero-order valence-electron chi connectivity index (χ0n) is 7.69.